The van der Waals surface area contributed by atoms with Gasteiger partial charge in [0.25, 0.3) is 11.5 Å². The van der Waals surface area contributed by atoms with Gasteiger partial charge in [0, 0.05) is 12.1 Å². The number of hydrogen-bond donors (Lipinski definition) is 0. The van der Waals surface area contributed by atoms with Crippen LogP contribution in [0.25, 0.3) is 10.2 Å². The first-order chi connectivity index (χ1) is 18.6. The minimum absolute atomic E-state index is 0.0790. The summed E-state index contributed by atoms with van der Waals surface area (Å²) in [6, 6.07) is 12.1. The highest BCUT2D eigenvalue weighted by molar-refractivity contribution is 7.12. The third-order valence-electron chi connectivity index (χ3n) is 6.86. The number of amides is 1. The van der Waals surface area contributed by atoms with Crippen LogP contribution in [-0.4, -0.2) is 56.8 Å². The summed E-state index contributed by atoms with van der Waals surface area (Å²) in [5.41, 5.74) is 2.64. The van der Waals surface area contributed by atoms with Crippen LogP contribution in [0, 0.1) is 25.6 Å². The summed E-state index contributed by atoms with van der Waals surface area (Å²) in [6.45, 7) is 9.24. The lowest BCUT2D eigenvalue weighted by molar-refractivity contribution is 0.0595. The molecule has 0 N–H and O–H groups in total. The summed E-state index contributed by atoms with van der Waals surface area (Å²) in [5, 5.41) is 0.463. The smallest absolute Gasteiger partial charge is 0.264 e. The number of aryl methyl sites for hydroxylation is 2. The number of rotatable bonds is 10. The lowest BCUT2D eigenvalue weighted by Gasteiger charge is -2.35. The predicted octanol–water partition coefficient (Wildman–Crippen LogP) is 5.45. The molecular formula is C30H36FN5O2S. The molecule has 0 unspecified atom stereocenters. The van der Waals surface area contributed by atoms with E-state index in [1.54, 1.807) is 34.7 Å². The van der Waals surface area contributed by atoms with Gasteiger partial charge in [-0.1, -0.05) is 49.7 Å². The van der Waals surface area contributed by atoms with Crippen LogP contribution in [0.5, 0.6) is 0 Å². The van der Waals surface area contributed by atoms with E-state index in [4.69, 9.17) is 4.98 Å². The molecule has 4 rings (SSSR count). The molecule has 0 saturated carbocycles. The van der Waals surface area contributed by atoms with Crippen LogP contribution in [0.1, 0.15) is 59.2 Å². The Morgan fingerprint density at radius 2 is 1.87 bits per heavy atom. The molecular weight excluding hydrogens is 513 g/mol. The highest BCUT2D eigenvalue weighted by atomic mass is 32.1. The molecule has 9 heteroatoms. The summed E-state index contributed by atoms with van der Waals surface area (Å²) in [5.74, 6) is -0.272. The maximum atomic E-state index is 14.5. The third kappa shape index (κ3) is 6.42. The third-order valence-corrected chi connectivity index (χ3v) is 7.55. The number of carbonyl (C=O) groups excluding carboxylic acids is 1. The van der Waals surface area contributed by atoms with Gasteiger partial charge in [0.05, 0.1) is 24.2 Å². The van der Waals surface area contributed by atoms with Crippen molar-refractivity contribution in [3.8, 4) is 0 Å². The molecule has 0 bridgehead atoms. The van der Waals surface area contributed by atoms with Gasteiger partial charge in [0.2, 0.25) is 0 Å². The average Bonchev–Trinajstić information content (AvgIpc) is 3.35. The highest BCUT2D eigenvalue weighted by Crippen LogP contribution is 2.31. The molecule has 0 saturated heterocycles. The van der Waals surface area contributed by atoms with Crippen molar-refractivity contribution < 1.29 is 9.18 Å². The molecule has 4 aromatic rings. The van der Waals surface area contributed by atoms with E-state index in [1.807, 2.05) is 59.1 Å². The van der Waals surface area contributed by atoms with Crippen LogP contribution in [0.4, 0.5) is 4.39 Å². The van der Waals surface area contributed by atoms with Crippen LogP contribution in [-0.2, 0) is 6.54 Å². The summed E-state index contributed by atoms with van der Waals surface area (Å²) in [7, 11) is 3.97. The Bertz CT molecular complexity index is 1530. The zero-order chi connectivity index (χ0) is 28.3. The number of fused-ring (bicyclic) bond motifs is 1. The van der Waals surface area contributed by atoms with E-state index in [1.165, 1.54) is 17.6 Å². The van der Waals surface area contributed by atoms with Gasteiger partial charge in [0.1, 0.15) is 11.6 Å². The van der Waals surface area contributed by atoms with E-state index in [2.05, 4.69) is 9.27 Å². The van der Waals surface area contributed by atoms with Gasteiger partial charge in [-0.05, 0) is 81.6 Å². The van der Waals surface area contributed by atoms with Crippen molar-refractivity contribution in [2.45, 2.75) is 46.7 Å². The summed E-state index contributed by atoms with van der Waals surface area (Å²) >= 11 is 1.17. The number of hydrogen-bond acceptors (Lipinski definition) is 6. The molecule has 0 fully saturated rings. The molecule has 2 aromatic heterocycles. The van der Waals surface area contributed by atoms with Crippen molar-refractivity contribution in [3.63, 3.8) is 0 Å². The molecule has 39 heavy (non-hydrogen) atoms. The first-order valence-electron chi connectivity index (χ1n) is 13.2. The Kier molecular flexibility index (Phi) is 8.92. The quantitative estimate of drug-likeness (QED) is 0.263. The highest BCUT2D eigenvalue weighted by Gasteiger charge is 2.33. The van der Waals surface area contributed by atoms with Gasteiger partial charge in [-0.2, -0.15) is 4.37 Å². The normalized spacial score (nSPS) is 12.4. The van der Waals surface area contributed by atoms with Crippen LogP contribution in [0.3, 0.4) is 0 Å². The molecule has 1 amide bonds. The average molecular weight is 550 g/mol. The maximum absolute atomic E-state index is 14.5. The van der Waals surface area contributed by atoms with Crippen molar-refractivity contribution in [3.05, 3.63) is 92.9 Å². The van der Waals surface area contributed by atoms with Crippen LogP contribution < -0.4 is 5.56 Å². The lowest BCUT2D eigenvalue weighted by Crippen LogP contribution is -2.42. The lowest BCUT2D eigenvalue weighted by atomic mass is 9.98. The van der Waals surface area contributed by atoms with E-state index in [-0.39, 0.29) is 22.9 Å². The fraction of sp³-hybridized carbons (Fsp3) is 0.400. The molecule has 2 aromatic carbocycles. The minimum atomic E-state index is -0.520. The summed E-state index contributed by atoms with van der Waals surface area (Å²) < 4.78 is 20.4. The number of aromatic nitrogens is 3. The van der Waals surface area contributed by atoms with Gasteiger partial charge in [-0.3, -0.25) is 14.2 Å². The second-order valence-corrected chi connectivity index (χ2v) is 11.5. The molecule has 0 aliphatic carbocycles. The Balaban J connectivity index is 1.88. The molecule has 0 aliphatic heterocycles. The largest absolute Gasteiger partial charge is 0.328 e. The number of nitrogens with zero attached hydrogens (tertiary/aromatic N) is 5. The molecule has 0 spiro atoms. The van der Waals surface area contributed by atoms with E-state index >= 15 is 0 Å². The van der Waals surface area contributed by atoms with Crippen molar-refractivity contribution >= 4 is 27.7 Å². The molecule has 206 valence electrons. The maximum Gasteiger partial charge on any atom is 0.264 e. The fourth-order valence-electron chi connectivity index (χ4n) is 4.86. The second kappa shape index (κ2) is 12.2. The summed E-state index contributed by atoms with van der Waals surface area (Å²) in [6.07, 6.45) is 2.27. The van der Waals surface area contributed by atoms with Gasteiger partial charge in [-0.25, -0.2) is 9.37 Å². The number of benzene rings is 2. The molecule has 2 heterocycles. The Morgan fingerprint density at radius 1 is 1.10 bits per heavy atom. The Labute approximate surface area is 233 Å². The second-order valence-electron chi connectivity index (χ2n) is 10.7. The van der Waals surface area contributed by atoms with Crippen LogP contribution in [0.15, 0.2) is 53.5 Å². The van der Waals surface area contributed by atoms with Gasteiger partial charge in [0.15, 0.2) is 4.83 Å². The van der Waals surface area contributed by atoms with E-state index in [0.29, 0.717) is 41.1 Å². The van der Waals surface area contributed by atoms with Crippen molar-refractivity contribution in [1.29, 1.82) is 0 Å². The Morgan fingerprint density at radius 3 is 2.54 bits per heavy atom. The number of carbonyl (C=O) groups is 1. The Hall–Kier alpha value is -3.43. The first kappa shape index (κ1) is 28.6. The van der Waals surface area contributed by atoms with Crippen LogP contribution >= 0.6 is 11.5 Å². The van der Waals surface area contributed by atoms with Gasteiger partial charge in [-0.15, -0.1) is 0 Å². The first-order valence-corrected chi connectivity index (χ1v) is 14.0. The minimum Gasteiger partial charge on any atom is -0.328 e. The zero-order valence-electron chi connectivity index (χ0n) is 23.4. The van der Waals surface area contributed by atoms with E-state index < -0.39 is 11.9 Å². The standard InChI is InChI=1S/C30H36FN5O2S/c1-19(2)26(35(14-8-13-34(5)6)29(37)23-12-11-21(4)25(31)16-23)27-33-28-24(17-32-39-28)30(38)36(27)18-22-10-7-9-20(3)15-22/h7,9-12,15-17,19,26H,8,13-14,18H2,1-6H3/t26-/m1/s1. The predicted molar refractivity (Wildman–Crippen MR) is 155 cm³/mol. The monoisotopic (exact) mass is 549 g/mol. The topological polar surface area (TPSA) is 71.3 Å². The SMILES string of the molecule is Cc1cccc(Cn2c([C@@H](C(C)C)N(CCCN(C)C)C(=O)c3ccc(C)c(F)c3)nc3sncc3c2=O)c1. The van der Waals surface area contributed by atoms with Crippen molar-refractivity contribution in [2.24, 2.45) is 5.92 Å². The van der Waals surface area contributed by atoms with Crippen LogP contribution in [0.2, 0.25) is 0 Å². The van der Waals surface area contributed by atoms with E-state index in [0.717, 1.165) is 17.7 Å². The van der Waals surface area contributed by atoms with E-state index in [9.17, 15) is 14.0 Å². The van der Waals surface area contributed by atoms with Gasteiger partial charge < -0.3 is 9.80 Å². The molecule has 7 nitrogen and oxygen atoms in total. The van der Waals surface area contributed by atoms with Gasteiger partial charge >= 0.3 is 0 Å². The van der Waals surface area contributed by atoms with Crippen molar-refractivity contribution in [2.75, 3.05) is 27.2 Å². The number of halogens is 1. The molecule has 1 atom stereocenters. The summed E-state index contributed by atoms with van der Waals surface area (Å²) in [4.78, 5) is 37.2. The zero-order valence-corrected chi connectivity index (χ0v) is 24.3. The van der Waals surface area contributed by atoms with Crippen molar-refractivity contribution in [1.82, 2.24) is 23.7 Å². The fourth-order valence-corrected chi connectivity index (χ4v) is 5.49. The molecule has 0 aliphatic rings. The molecule has 0 radical (unpaired) electrons.